The van der Waals surface area contributed by atoms with Gasteiger partial charge in [-0.05, 0) is 32.2 Å². The van der Waals surface area contributed by atoms with Crippen molar-refractivity contribution in [3.05, 3.63) is 34.7 Å². The van der Waals surface area contributed by atoms with Crippen LogP contribution in [0.25, 0.3) is 10.4 Å². The first-order chi connectivity index (χ1) is 8.94. The largest absolute Gasteiger partial charge is 0.297 e. The van der Waals surface area contributed by atoms with E-state index in [1.54, 1.807) is 19.1 Å². The first-order valence-electron chi connectivity index (χ1n) is 6.04. The molecule has 0 aromatic heterocycles. The van der Waals surface area contributed by atoms with Crippen LogP contribution in [-0.4, -0.2) is 22.2 Å². The number of carbonyl (C=O) groups excluding carboxylic acids is 2. The van der Waals surface area contributed by atoms with Crippen LogP contribution >= 0.6 is 11.8 Å². The van der Waals surface area contributed by atoms with Gasteiger partial charge in [0.1, 0.15) is 0 Å². The smallest absolute Gasteiger partial charge is 0.200 e. The third-order valence-corrected chi connectivity index (χ3v) is 4.27. The van der Waals surface area contributed by atoms with E-state index < -0.39 is 10.7 Å². The Bertz CT molecular complexity index is 480. The molecule has 1 rings (SSSR count). The van der Waals surface area contributed by atoms with Crippen LogP contribution in [0.2, 0.25) is 0 Å². The van der Waals surface area contributed by atoms with Crippen LogP contribution in [0, 0.1) is 5.92 Å². The van der Waals surface area contributed by atoms with E-state index in [4.69, 9.17) is 5.53 Å². The van der Waals surface area contributed by atoms with E-state index in [2.05, 4.69) is 16.6 Å². The number of allylic oxidation sites excluding steroid dienone is 2. The average Bonchev–Trinajstić information content (AvgIpc) is 2.57. The summed E-state index contributed by atoms with van der Waals surface area (Å²) in [4.78, 5) is 26.9. The Kier molecular flexibility index (Phi) is 5.39. The quantitative estimate of drug-likeness (QED) is 0.186. The molecule has 1 heterocycles. The molecule has 1 fully saturated rings. The molecule has 19 heavy (non-hydrogen) atoms. The number of Topliss-reactive ketones (excluding diaryl/α,β-unsaturated/α-hetero) is 1. The summed E-state index contributed by atoms with van der Waals surface area (Å²) in [7, 11) is 0. The van der Waals surface area contributed by atoms with Gasteiger partial charge in [-0.1, -0.05) is 41.2 Å². The first-order valence-corrected chi connectivity index (χ1v) is 6.86. The fourth-order valence-electron chi connectivity index (χ4n) is 2.04. The van der Waals surface area contributed by atoms with Gasteiger partial charge in [-0.25, -0.2) is 0 Å². The molecule has 5 nitrogen and oxygen atoms in total. The monoisotopic (exact) mass is 279 g/mol. The van der Waals surface area contributed by atoms with Crippen LogP contribution in [0.1, 0.15) is 26.7 Å². The van der Waals surface area contributed by atoms with Gasteiger partial charge < -0.3 is 0 Å². The van der Waals surface area contributed by atoms with Gasteiger partial charge in [-0.15, -0.1) is 0 Å². The summed E-state index contributed by atoms with van der Waals surface area (Å²) in [6.07, 6.45) is 4.45. The van der Waals surface area contributed by atoms with Gasteiger partial charge in [0.25, 0.3) is 0 Å². The van der Waals surface area contributed by atoms with Gasteiger partial charge >= 0.3 is 0 Å². The third-order valence-electron chi connectivity index (χ3n) is 3.04. The summed E-state index contributed by atoms with van der Waals surface area (Å²) in [5.41, 5.74) is 9.06. The molecule has 0 amide bonds. The summed E-state index contributed by atoms with van der Waals surface area (Å²) in [5, 5.41) is 3.31. The van der Waals surface area contributed by atoms with Crippen molar-refractivity contribution < 1.29 is 9.59 Å². The highest BCUT2D eigenvalue weighted by molar-refractivity contribution is 8.16. The number of thioether (sulfide) groups is 1. The number of hydrogen-bond donors (Lipinski definition) is 0. The molecule has 0 radical (unpaired) electrons. The Morgan fingerprint density at radius 3 is 2.89 bits per heavy atom. The Morgan fingerprint density at radius 2 is 2.32 bits per heavy atom. The summed E-state index contributed by atoms with van der Waals surface area (Å²) in [6.45, 7) is 7.58. The maximum atomic E-state index is 12.3. The molecule has 1 unspecified atom stereocenters. The zero-order valence-electron chi connectivity index (χ0n) is 11.1. The highest BCUT2D eigenvalue weighted by Crippen LogP contribution is 2.42. The lowest BCUT2D eigenvalue weighted by atomic mass is 9.90. The van der Waals surface area contributed by atoms with E-state index in [-0.39, 0.29) is 10.9 Å². The highest BCUT2D eigenvalue weighted by atomic mass is 32.2. The SMILES string of the molecule is C=CC(C)=C[C@@]1(C)SC(=O)C(CCCN=[N+]=[N-])C1=O. The van der Waals surface area contributed by atoms with Gasteiger partial charge in [0.15, 0.2) is 5.78 Å². The molecule has 0 bridgehead atoms. The second-order valence-electron chi connectivity index (χ2n) is 4.63. The van der Waals surface area contributed by atoms with Crippen molar-refractivity contribution >= 4 is 22.7 Å². The lowest BCUT2D eigenvalue weighted by Crippen LogP contribution is -2.29. The molecule has 0 saturated carbocycles. The van der Waals surface area contributed by atoms with Crippen molar-refractivity contribution in [3.63, 3.8) is 0 Å². The average molecular weight is 279 g/mol. The molecule has 0 aliphatic carbocycles. The minimum absolute atomic E-state index is 0.0652. The van der Waals surface area contributed by atoms with Gasteiger partial charge in [-0.2, -0.15) is 0 Å². The van der Waals surface area contributed by atoms with Crippen LogP contribution in [0.5, 0.6) is 0 Å². The molecule has 0 aromatic rings. The zero-order valence-corrected chi connectivity index (χ0v) is 11.9. The summed E-state index contributed by atoms with van der Waals surface area (Å²) < 4.78 is -0.793. The second kappa shape index (κ2) is 6.59. The topological polar surface area (TPSA) is 82.9 Å². The van der Waals surface area contributed by atoms with Crippen LogP contribution in [0.3, 0.4) is 0 Å². The molecule has 0 aromatic carbocycles. The molecule has 6 heteroatoms. The fraction of sp³-hybridized carbons (Fsp3) is 0.538. The van der Waals surface area contributed by atoms with Crippen molar-refractivity contribution in [2.45, 2.75) is 31.4 Å². The number of nitrogens with zero attached hydrogens (tertiary/aromatic N) is 3. The van der Waals surface area contributed by atoms with E-state index in [1.165, 1.54) is 0 Å². The molecule has 0 spiro atoms. The Hall–Kier alpha value is -1.52. The van der Waals surface area contributed by atoms with Gasteiger partial charge in [0.2, 0.25) is 5.12 Å². The van der Waals surface area contributed by atoms with Gasteiger partial charge in [0.05, 0.1) is 10.7 Å². The molecule has 1 aliphatic rings. The van der Waals surface area contributed by atoms with Gasteiger partial charge in [0, 0.05) is 11.5 Å². The third kappa shape index (κ3) is 3.72. The molecule has 1 aliphatic heterocycles. The maximum absolute atomic E-state index is 12.3. The maximum Gasteiger partial charge on any atom is 0.200 e. The van der Waals surface area contributed by atoms with Crippen molar-refractivity contribution in [1.82, 2.24) is 0 Å². The normalized spacial score (nSPS) is 27.3. The fourth-order valence-corrected chi connectivity index (χ4v) is 3.31. The molecule has 1 saturated heterocycles. The Balaban J connectivity index is 2.78. The van der Waals surface area contributed by atoms with Crippen molar-refractivity contribution in [3.8, 4) is 0 Å². The lowest BCUT2D eigenvalue weighted by Gasteiger charge is -2.16. The van der Waals surface area contributed by atoms with Gasteiger partial charge in [-0.3, -0.25) is 9.59 Å². The Morgan fingerprint density at radius 1 is 1.63 bits per heavy atom. The van der Waals surface area contributed by atoms with E-state index >= 15 is 0 Å². The highest BCUT2D eigenvalue weighted by Gasteiger charge is 2.48. The van der Waals surface area contributed by atoms with E-state index in [1.807, 2.05) is 6.92 Å². The number of azide groups is 1. The predicted molar refractivity (Wildman–Crippen MR) is 76.7 cm³/mol. The summed E-state index contributed by atoms with van der Waals surface area (Å²) >= 11 is 1.08. The number of carbonyl (C=O) groups is 2. The predicted octanol–water partition coefficient (Wildman–Crippen LogP) is 3.43. The van der Waals surface area contributed by atoms with Crippen LogP contribution in [-0.2, 0) is 9.59 Å². The summed E-state index contributed by atoms with van der Waals surface area (Å²) in [6, 6.07) is 0. The molecule has 102 valence electrons. The van der Waals surface area contributed by atoms with Crippen molar-refractivity contribution in [2.75, 3.05) is 6.54 Å². The first kappa shape index (κ1) is 15.5. The lowest BCUT2D eigenvalue weighted by molar-refractivity contribution is -0.127. The number of rotatable bonds is 6. The van der Waals surface area contributed by atoms with Crippen molar-refractivity contribution in [1.29, 1.82) is 0 Å². The molecular formula is C13H17N3O2S. The number of hydrogen-bond acceptors (Lipinski definition) is 4. The van der Waals surface area contributed by atoms with Crippen LogP contribution in [0.4, 0.5) is 0 Å². The Labute approximate surface area is 116 Å². The molecule has 2 atom stereocenters. The number of ketones is 1. The van der Waals surface area contributed by atoms with Crippen LogP contribution < -0.4 is 0 Å². The minimum atomic E-state index is -0.793. The van der Waals surface area contributed by atoms with E-state index in [0.717, 1.165) is 17.3 Å². The molecule has 0 N–H and O–H groups in total. The van der Waals surface area contributed by atoms with Crippen LogP contribution in [0.15, 0.2) is 29.4 Å². The van der Waals surface area contributed by atoms with E-state index in [9.17, 15) is 9.59 Å². The second-order valence-corrected chi connectivity index (χ2v) is 6.09. The minimum Gasteiger partial charge on any atom is -0.297 e. The molecular weight excluding hydrogens is 262 g/mol. The van der Waals surface area contributed by atoms with Crippen molar-refractivity contribution in [2.24, 2.45) is 11.0 Å². The zero-order chi connectivity index (χ0) is 14.5. The summed E-state index contributed by atoms with van der Waals surface area (Å²) in [5.74, 6) is -0.651. The van der Waals surface area contributed by atoms with E-state index in [0.29, 0.717) is 19.4 Å². The standard InChI is InChI=1S/C13H17N3O2S/c1-4-9(2)8-13(3)11(17)10(12(18)19-13)6-5-7-15-16-14/h4,8,10H,1,5-7H2,2-3H3/t10?,13-/m1/s1.